The van der Waals surface area contributed by atoms with E-state index in [1.165, 1.54) is 23.1 Å². The summed E-state index contributed by atoms with van der Waals surface area (Å²) < 4.78 is 19.1. The lowest BCUT2D eigenvalue weighted by atomic mass is 10.2. The predicted octanol–water partition coefficient (Wildman–Crippen LogP) is 3.64. The summed E-state index contributed by atoms with van der Waals surface area (Å²) in [6, 6.07) is 13.8. The highest BCUT2D eigenvalue weighted by Crippen LogP contribution is 2.15. The Labute approximate surface area is 132 Å². The van der Waals surface area contributed by atoms with Gasteiger partial charge in [0.05, 0.1) is 0 Å². The van der Waals surface area contributed by atoms with E-state index >= 15 is 0 Å². The fraction of sp³-hybridized carbons (Fsp3) is 0.111. The molecule has 0 aliphatic carbocycles. The van der Waals surface area contributed by atoms with Gasteiger partial charge in [0.25, 0.3) is 0 Å². The Morgan fingerprint density at radius 2 is 1.96 bits per heavy atom. The molecular weight excluding hydrogens is 295 g/mol. The molecule has 4 nitrogen and oxygen atoms in total. The molecule has 2 aromatic carbocycles. The minimum Gasteiger partial charge on any atom is -0.437 e. The molecule has 3 rings (SSSR count). The molecule has 0 aliphatic rings. The molecule has 3 aromatic rings. The molecule has 0 aliphatic heterocycles. The molecule has 1 heterocycles. The van der Waals surface area contributed by atoms with Gasteiger partial charge in [-0.3, -0.25) is 4.79 Å². The van der Waals surface area contributed by atoms with Gasteiger partial charge in [-0.2, -0.15) is 0 Å². The third-order valence-corrected chi connectivity index (χ3v) is 3.42. The fourth-order valence-corrected chi connectivity index (χ4v) is 2.19. The van der Waals surface area contributed by atoms with Crippen molar-refractivity contribution in [2.24, 2.45) is 0 Å². The first-order chi connectivity index (χ1) is 11.1. The molecule has 1 aromatic heterocycles. The highest BCUT2D eigenvalue weighted by molar-refractivity contribution is 5.91. The Hall–Kier alpha value is -2.95. The van der Waals surface area contributed by atoms with Gasteiger partial charge in [-0.25, -0.2) is 9.37 Å². The van der Waals surface area contributed by atoms with Crippen molar-refractivity contribution >= 4 is 23.1 Å². The van der Waals surface area contributed by atoms with E-state index in [1.807, 2.05) is 24.3 Å². The number of likely N-dealkylation sites (N-methyl/N-ethyl adjacent to an activating group) is 1. The summed E-state index contributed by atoms with van der Waals surface area (Å²) in [6.45, 7) is 0.198. The van der Waals surface area contributed by atoms with E-state index in [0.29, 0.717) is 17.0 Å². The number of fused-ring (bicyclic) bond motifs is 1. The Morgan fingerprint density at radius 3 is 2.74 bits per heavy atom. The van der Waals surface area contributed by atoms with Crippen molar-refractivity contribution in [1.29, 1.82) is 0 Å². The van der Waals surface area contributed by atoms with Crippen molar-refractivity contribution in [2.75, 3.05) is 7.05 Å². The van der Waals surface area contributed by atoms with Crippen LogP contribution in [0.1, 0.15) is 11.5 Å². The maximum absolute atomic E-state index is 13.6. The van der Waals surface area contributed by atoms with Crippen molar-refractivity contribution in [1.82, 2.24) is 9.88 Å². The Kier molecular flexibility index (Phi) is 4.19. The van der Waals surface area contributed by atoms with Gasteiger partial charge in [0.15, 0.2) is 5.58 Å². The summed E-state index contributed by atoms with van der Waals surface area (Å²) >= 11 is 0. The van der Waals surface area contributed by atoms with Gasteiger partial charge < -0.3 is 9.32 Å². The number of hydrogen-bond acceptors (Lipinski definition) is 3. The van der Waals surface area contributed by atoms with Crippen molar-refractivity contribution in [2.45, 2.75) is 6.54 Å². The third kappa shape index (κ3) is 3.45. The number of rotatable bonds is 4. The van der Waals surface area contributed by atoms with Crippen molar-refractivity contribution in [3.05, 3.63) is 71.9 Å². The van der Waals surface area contributed by atoms with Gasteiger partial charge in [-0.1, -0.05) is 30.3 Å². The Bertz CT molecular complexity index is 837. The summed E-state index contributed by atoms with van der Waals surface area (Å²) in [5, 5.41) is 0. The normalized spacial score (nSPS) is 11.2. The van der Waals surface area contributed by atoms with E-state index in [9.17, 15) is 9.18 Å². The average molecular weight is 310 g/mol. The van der Waals surface area contributed by atoms with E-state index in [2.05, 4.69) is 4.98 Å². The number of benzene rings is 2. The number of halogens is 1. The molecule has 0 spiro atoms. The van der Waals surface area contributed by atoms with Gasteiger partial charge in [0.2, 0.25) is 11.8 Å². The van der Waals surface area contributed by atoms with Crippen molar-refractivity contribution < 1.29 is 13.6 Å². The summed E-state index contributed by atoms with van der Waals surface area (Å²) in [5.41, 5.74) is 1.87. The fourth-order valence-electron chi connectivity index (χ4n) is 2.19. The van der Waals surface area contributed by atoms with Gasteiger partial charge in [0, 0.05) is 31.3 Å². The summed E-state index contributed by atoms with van der Waals surface area (Å²) in [6.07, 6.45) is 2.88. The van der Waals surface area contributed by atoms with Crippen LogP contribution in [0.4, 0.5) is 4.39 Å². The number of oxazole rings is 1. The van der Waals surface area contributed by atoms with Crippen LogP contribution in [-0.4, -0.2) is 22.8 Å². The Morgan fingerprint density at radius 1 is 1.22 bits per heavy atom. The smallest absolute Gasteiger partial charge is 0.246 e. The van der Waals surface area contributed by atoms with Crippen molar-refractivity contribution in [3.63, 3.8) is 0 Å². The van der Waals surface area contributed by atoms with Crippen LogP contribution < -0.4 is 0 Å². The summed E-state index contributed by atoms with van der Waals surface area (Å²) in [5.74, 6) is -0.218. The summed E-state index contributed by atoms with van der Waals surface area (Å²) in [4.78, 5) is 17.8. The monoisotopic (exact) mass is 310 g/mol. The lowest BCUT2D eigenvalue weighted by Gasteiger charge is -2.15. The van der Waals surface area contributed by atoms with Crippen LogP contribution in [0.25, 0.3) is 17.2 Å². The second kappa shape index (κ2) is 6.44. The van der Waals surface area contributed by atoms with Crippen LogP contribution in [-0.2, 0) is 11.3 Å². The van der Waals surface area contributed by atoms with E-state index in [1.54, 1.807) is 25.2 Å². The number of amides is 1. The standard InChI is InChI=1S/C18H15FN2O2/c1-21(12-13-6-2-3-7-14(13)19)18(22)11-10-17-20-15-8-4-5-9-16(15)23-17/h2-11H,12H2,1H3/b11-10+. The maximum Gasteiger partial charge on any atom is 0.246 e. The zero-order chi connectivity index (χ0) is 16.2. The van der Waals surface area contributed by atoms with E-state index in [0.717, 1.165) is 5.52 Å². The first-order valence-corrected chi connectivity index (χ1v) is 7.15. The number of hydrogen-bond donors (Lipinski definition) is 0. The molecule has 116 valence electrons. The van der Waals surface area contributed by atoms with Crippen LogP contribution in [0.5, 0.6) is 0 Å². The quantitative estimate of drug-likeness (QED) is 0.691. The van der Waals surface area contributed by atoms with Gasteiger partial charge in [0.1, 0.15) is 11.3 Å². The van der Waals surface area contributed by atoms with E-state index in [-0.39, 0.29) is 18.3 Å². The van der Waals surface area contributed by atoms with Crippen LogP contribution in [0.3, 0.4) is 0 Å². The van der Waals surface area contributed by atoms with Crippen LogP contribution >= 0.6 is 0 Å². The number of nitrogens with zero attached hydrogens (tertiary/aromatic N) is 2. The van der Waals surface area contributed by atoms with Gasteiger partial charge >= 0.3 is 0 Å². The van der Waals surface area contributed by atoms with E-state index < -0.39 is 0 Å². The number of aromatic nitrogens is 1. The zero-order valence-electron chi connectivity index (χ0n) is 12.6. The van der Waals surface area contributed by atoms with E-state index in [4.69, 9.17) is 4.42 Å². The lowest BCUT2D eigenvalue weighted by molar-refractivity contribution is -0.125. The topological polar surface area (TPSA) is 46.3 Å². The molecule has 1 amide bonds. The highest BCUT2D eigenvalue weighted by atomic mass is 19.1. The highest BCUT2D eigenvalue weighted by Gasteiger charge is 2.09. The SMILES string of the molecule is CN(Cc1ccccc1F)C(=O)/C=C/c1nc2ccccc2o1. The second-order valence-corrected chi connectivity index (χ2v) is 5.14. The zero-order valence-corrected chi connectivity index (χ0v) is 12.6. The number of para-hydroxylation sites is 2. The number of carbonyl (C=O) groups excluding carboxylic acids is 1. The third-order valence-electron chi connectivity index (χ3n) is 3.42. The molecule has 0 fully saturated rings. The molecule has 0 atom stereocenters. The predicted molar refractivity (Wildman–Crippen MR) is 85.9 cm³/mol. The average Bonchev–Trinajstić information content (AvgIpc) is 2.97. The van der Waals surface area contributed by atoms with Gasteiger partial charge in [-0.15, -0.1) is 0 Å². The second-order valence-electron chi connectivity index (χ2n) is 5.14. The molecular formula is C18H15FN2O2. The molecule has 0 saturated carbocycles. The van der Waals surface area contributed by atoms with Crippen LogP contribution in [0.2, 0.25) is 0 Å². The first-order valence-electron chi connectivity index (χ1n) is 7.15. The number of carbonyl (C=O) groups is 1. The minimum atomic E-state index is -0.324. The molecule has 0 unspecified atom stereocenters. The molecule has 0 bridgehead atoms. The van der Waals surface area contributed by atoms with Crippen LogP contribution in [0.15, 0.2) is 59.0 Å². The molecule has 0 N–H and O–H groups in total. The Balaban J connectivity index is 1.69. The first kappa shape index (κ1) is 15.0. The molecule has 5 heteroatoms. The molecule has 23 heavy (non-hydrogen) atoms. The maximum atomic E-state index is 13.6. The van der Waals surface area contributed by atoms with Crippen molar-refractivity contribution in [3.8, 4) is 0 Å². The lowest BCUT2D eigenvalue weighted by Crippen LogP contribution is -2.24. The summed E-state index contributed by atoms with van der Waals surface area (Å²) in [7, 11) is 1.62. The molecule has 0 radical (unpaired) electrons. The minimum absolute atomic E-state index is 0.198. The van der Waals surface area contributed by atoms with Crippen LogP contribution in [0, 0.1) is 5.82 Å². The largest absolute Gasteiger partial charge is 0.437 e. The molecule has 0 saturated heterocycles. The van der Waals surface area contributed by atoms with Gasteiger partial charge in [-0.05, 0) is 18.2 Å².